The number of nitrogens with one attached hydrogen (secondary N) is 1. The molecular weight excluding hydrogens is 507 g/mol. The molecule has 1 aliphatic heterocycles. The maximum Gasteiger partial charge on any atom is 0.308 e. The summed E-state index contributed by atoms with van der Waals surface area (Å²) in [6, 6.07) is 13.9. The van der Waals surface area contributed by atoms with Crippen LogP contribution >= 0.6 is 24.0 Å². The Morgan fingerprint density at radius 2 is 1.94 bits per heavy atom. The van der Waals surface area contributed by atoms with Gasteiger partial charge in [0, 0.05) is 31.9 Å². The lowest BCUT2D eigenvalue weighted by atomic mass is 9.97. The largest absolute Gasteiger partial charge is 0.473 e. The Bertz CT molecular complexity index is 840. The van der Waals surface area contributed by atoms with Crippen molar-refractivity contribution in [1.82, 2.24) is 15.2 Å². The van der Waals surface area contributed by atoms with E-state index in [0.29, 0.717) is 19.0 Å². The van der Waals surface area contributed by atoms with Crippen molar-refractivity contribution in [2.75, 3.05) is 26.7 Å². The maximum atomic E-state index is 11.8. The highest BCUT2D eigenvalue weighted by Crippen LogP contribution is 2.19. The van der Waals surface area contributed by atoms with Gasteiger partial charge in [0.2, 0.25) is 5.88 Å². The van der Waals surface area contributed by atoms with Crippen LogP contribution in [0, 0.1) is 5.92 Å². The van der Waals surface area contributed by atoms with Crippen molar-refractivity contribution in [2.24, 2.45) is 10.9 Å². The van der Waals surface area contributed by atoms with Gasteiger partial charge in [-0.1, -0.05) is 30.3 Å². The molecule has 1 aliphatic rings. The van der Waals surface area contributed by atoms with E-state index in [4.69, 9.17) is 14.5 Å². The van der Waals surface area contributed by atoms with Crippen LogP contribution in [0.15, 0.2) is 53.7 Å². The number of esters is 1. The molecule has 2 heterocycles. The van der Waals surface area contributed by atoms with E-state index in [9.17, 15) is 4.79 Å². The lowest BCUT2D eigenvalue weighted by Gasteiger charge is -2.33. The SMILES string of the molecule is CCNC(=NCc1ccnc(OCc2ccccc2)c1)N1CCC(C(=O)OC)CC1.I. The smallest absolute Gasteiger partial charge is 0.308 e. The molecule has 1 N–H and O–H groups in total. The summed E-state index contributed by atoms with van der Waals surface area (Å²) in [6.07, 6.45) is 3.31. The van der Waals surface area contributed by atoms with Gasteiger partial charge in [0.05, 0.1) is 19.6 Å². The van der Waals surface area contributed by atoms with Crippen molar-refractivity contribution in [3.05, 3.63) is 59.8 Å². The maximum absolute atomic E-state index is 11.8. The number of hydrogen-bond acceptors (Lipinski definition) is 5. The van der Waals surface area contributed by atoms with Crippen LogP contribution in [-0.4, -0.2) is 48.6 Å². The Kier molecular flexibility index (Phi) is 10.6. The summed E-state index contributed by atoms with van der Waals surface area (Å²) in [5.41, 5.74) is 2.14. The van der Waals surface area contributed by atoms with Crippen LogP contribution in [-0.2, 0) is 22.7 Å². The number of guanidine groups is 1. The van der Waals surface area contributed by atoms with Crippen LogP contribution in [0.1, 0.15) is 30.9 Å². The zero-order valence-electron chi connectivity index (χ0n) is 18.1. The molecule has 0 spiro atoms. The van der Waals surface area contributed by atoms with Gasteiger partial charge in [-0.25, -0.2) is 9.98 Å². The molecule has 8 heteroatoms. The molecular formula is C23H31IN4O3. The Balaban J connectivity index is 0.00000341. The highest BCUT2D eigenvalue weighted by molar-refractivity contribution is 14.0. The summed E-state index contributed by atoms with van der Waals surface area (Å²) >= 11 is 0. The van der Waals surface area contributed by atoms with Crippen LogP contribution in [0.5, 0.6) is 5.88 Å². The highest BCUT2D eigenvalue weighted by Gasteiger charge is 2.26. The van der Waals surface area contributed by atoms with Crippen LogP contribution < -0.4 is 10.1 Å². The Labute approximate surface area is 201 Å². The van der Waals surface area contributed by atoms with Crippen molar-refractivity contribution in [2.45, 2.75) is 32.9 Å². The summed E-state index contributed by atoms with van der Waals surface area (Å²) in [6.45, 7) is 5.43. The van der Waals surface area contributed by atoms with Gasteiger partial charge in [-0.3, -0.25) is 4.79 Å². The number of aliphatic imine (C=N–C) groups is 1. The van der Waals surface area contributed by atoms with Crippen molar-refractivity contribution in [3.8, 4) is 5.88 Å². The third-order valence-corrected chi connectivity index (χ3v) is 5.10. The Hall–Kier alpha value is -2.36. The minimum Gasteiger partial charge on any atom is -0.473 e. The summed E-state index contributed by atoms with van der Waals surface area (Å²) in [5.74, 6) is 1.33. The quantitative estimate of drug-likeness (QED) is 0.251. The van der Waals surface area contributed by atoms with Crippen LogP contribution in [0.3, 0.4) is 0 Å². The molecule has 0 atom stereocenters. The van der Waals surface area contributed by atoms with Crippen molar-refractivity contribution in [1.29, 1.82) is 0 Å². The van der Waals surface area contributed by atoms with E-state index in [1.807, 2.05) is 42.5 Å². The van der Waals surface area contributed by atoms with Crippen molar-refractivity contribution >= 4 is 35.9 Å². The molecule has 0 saturated carbocycles. The third-order valence-electron chi connectivity index (χ3n) is 5.10. The minimum absolute atomic E-state index is 0. The number of rotatable bonds is 7. The zero-order valence-corrected chi connectivity index (χ0v) is 20.5. The van der Waals surface area contributed by atoms with Crippen LogP contribution in [0.2, 0.25) is 0 Å². The summed E-state index contributed by atoms with van der Waals surface area (Å²) in [5, 5.41) is 3.35. The number of piperidine rings is 1. The van der Waals surface area contributed by atoms with Gasteiger partial charge in [0.15, 0.2) is 5.96 Å². The number of aromatic nitrogens is 1. The van der Waals surface area contributed by atoms with Gasteiger partial charge in [-0.05, 0) is 37.0 Å². The average molecular weight is 538 g/mol. The monoisotopic (exact) mass is 538 g/mol. The highest BCUT2D eigenvalue weighted by atomic mass is 127. The van der Waals surface area contributed by atoms with Gasteiger partial charge in [0.1, 0.15) is 6.61 Å². The number of likely N-dealkylation sites (tertiary alicyclic amines) is 1. The predicted molar refractivity (Wildman–Crippen MR) is 132 cm³/mol. The summed E-state index contributed by atoms with van der Waals surface area (Å²) in [7, 11) is 1.45. The zero-order chi connectivity index (χ0) is 21.2. The first-order valence-electron chi connectivity index (χ1n) is 10.4. The molecule has 3 rings (SSSR count). The number of nitrogens with zero attached hydrogens (tertiary/aromatic N) is 3. The van der Waals surface area contributed by atoms with Crippen LogP contribution in [0.4, 0.5) is 0 Å². The van der Waals surface area contributed by atoms with Crippen molar-refractivity contribution < 1.29 is 14.3 Å². The number of halogens is 1. The average Bonchev–Trinajstić information content (AvgIpc) is 2.81. The number of pyridine rings is 1. The molecule has 2 aromatic rings. The first kappa shape index (κ1) is 24.9. The third kappa shape index (κ3) is 7.68. The second kappa shape index (κ2) is 13.1. The lowest BCUT2D eigenvalue weighted by molar-refractivity contribution is -0.146. The fourth-order valence-electron chi connectivity index (χ4n) is 3.44. The van der Waals surface area contributed by atoms with Crippen molar-refractivity contribution in [3.63, 3.8) is 0 Å². The number of methoxy groups -OCH3 is 1. The first-order chi connectivity index (χ1) is 14.7. The van der Waals surface area contributed by atoms with E-state index in [0.717, 1.165) is 49.6 Å². The molecule has 1 fully saturated rings. The fourth-order valence-corrected chi connectivity index (χ4v) is 3.44. The van der Waals surface area contributed by atoms with E-state index in [2.05, 4.69) is 22.1 Å². The second-order valence-corrected chi connectivity index (χ2v) is 7.23. The standard InChI is InChI=1S/C23H30N4O3.HI/c1-3-24-23(27-13-10-20(11-14-27)22(28)29-2)26-16-19-9-12-25-21(15-19)30-17-18-7-5-4-6-8-18;/h4-9,12,15,20H,3,10-11,13-14,16-17H2,1-2H3,(H,24,26);1H. The van der Waals surface area contributed by atoms with E-state index >= 15 is 0 Å². The van der Waals surface area contributed by atoms with E-state index < -0.39 is 0 Å². The van der Waals surface area contributed by atoms with E-state index in [1.54, 1.807) is 6.20 Å². The number of ether oxygens (including phenoxy) is 2. The molecule has 1 aromatic carbocycles. The number of benzene rings is 1. The molecule has 0 bridgehead atoms. The lowest BCUT2D eigenvalue weighted by Crippen LogP contribution is -2.46. The van der Waals surface area contributed by atoms with Gasteiger partial charge >= 0.3 is 5.97 Å². The first-order valence-corrected chi connectivity index (χ1v) is 10.4. The van der Waals surface area contributed by atoms with E-state index in [1.165, 1.54) is 7.11 Å². The number of hydrogen-bond donors (Lipinski definition) is 1. The fraction of sp³-hybridized carbons (Fsp3) is 0.435. The number of carbonyl (C=O) groups excluding carboxylic acids is 1. The summed E-state index contributed by atoms with van der Waals surface area (Å²) < 4.78 is 10.7. The van der Waals surface area contributed by atoms with Gasteiger partial charge in [0.25, 0.3) is 0 Å². The molecule has 1 saturated heterocycles. The van der Waals surface area contributed by atoms with Crippen LogP contribution in [0.25, 0.3) is 0 Å². The van der Waals surface area contributed by atoms with Gasteiger partial charge in [-0.15, -0.1) is 24.0 Å². The van der Waals surface area contributed by atoms with Gasteiger partial charge in [-0.2, -0.15) is 0 Å². The molecule has 0 amide bonds. The second-order valence-electron chi connectivity index (χ2n) is 7.23. The molecule has 168 valence electrons. The Morgan fingerprint density at radius 3 is 2.61 bits per heavy atom. The molecule has 31 heavy (non-hydrogen) atoms. The Morgan fingerprint density at radius 1 is 1.19 bits per heavy atom. The minimum atomic E-state index is -0.114. The predicted octanol–water partition coefficient (Wildman–Crippen LogP) is 3.63. The normalized spacial score (nSPS) is 14.5. The topological polar surface area (TPSA) is 76.1 Å². The van der Waals surface area contributed by atoms with Gasteiger partial charge < -0.3 is 19.7 Å². The molecule has 1 aromatic heterocycles. The summed E-state index contributed by atoms with van der Waals surface area (Å²) in [4.78, 5) is 23.0. The molecule has 0 aliphatic carbocycles. The van der Waals surface area contributed by atoms with E-state index in [-0.39, 0.29) is 35.9 Å². The molecule has 7 nitrogen and oxygen atoms in total. The molecule has 0 radical (unpaired) electrons. The number of carbonyl (C=O) groups is 1. The molecule has 0 unspecified atom stereocenters.